The topological polar surface area (TPSA) is 113 Å². The fourth-order valence-corrected chi connectivity index (χ4v) is 4.00. The third-order valence-electron chi connectivity index (χ3n) is 5.73. The Kier molecular flexibility index (Phi) is 6.21. The monoisotopic (exact) mass is 449 g/mol. The molecule has 2 aromatic rings. The van der Waals surface area contributed by atoms with Crippen molar-refractivity contribution in [2.24, 2.45) is 0 Å². The maximum Gasteiger partial charge on any atom is 0.261 e. The molecule has 0 aromatic heterocycles. The van der Waals surface area contributed by atoms with Gasteiger partial charge in [0.2, 0.25) is 11.8 Å². The number of fused-ring (bicyclic) bond motifs is 1. The van der Waals surface area contributed by atoms with Crippen molar-refractivity contribution in [3.63, 3.8) is 0 Å². The molecule has 0 atom stereocenters. The van der Waals surface area contributed by atoms with Crippen molar-refractivity contribution in [1.29, 1.82) is 0 Å². The fraction of sp³-hybridized carbons (Fsp3) is 0.292. The van der Waals surface area contributed by atoms with Gasteiger partial charge >= 0.3 is 0 Å². The van der Waals surface area contributed by atoms with Crippen LogP contribution in [0.3, 0.4) is 0 Å². The Morgan fingerprint density at radius 2 is 1.58 bits per heavy atom. The summed E-state index contributed by atoms with van der Waals surface area (Å²) in [7, 11) is 1.44. The minimum absolute atomic E-state index is 0.0236. The molecule has 1 saturated heterocycles. The molecule has 2 heterocycles. The van der Waals surface area contributed by atoms with Gasteiger partial charge in [-0.2, -0.15) is 0 Å². The SMILES string of the molecule is COc1ccc(CN2C(=O)c3ccccc3C2=O)cc1C(=O)NCCCN1C(=O)CCC1=O. The van der Waals surface area contributed by atoms with Gasteiger partial charge in [-0.05, 0) is 36.2 Å². The first kappa shape index (κ1) is 22.2. The van der Waals surface area contributed by atoms with Crippen LogP contribution < -0.4 is 10.1 Å². The van der Waals surface area contributed by atoms with Gasteiger partial charge in [0.05, 0.1) is 30.3 Å². The molecule has 2 aliphatic heterocycles. The van der Waals surface area contributed by atoms with Gasteiger partial charge in [0, 0.05) is 25.9 Å². The molecule has 4 rings (SSSR count). The molecule has 9 nitrogen and oxygen atoms in total. The van der Waals surface area contributed by atoms with E-state index in [0.717, 1.165) is 4.90 Å². The molecule has 0 saturated carbocycles. The van der Waals surface area contributed by atoms with E-state index in [2.05, 4.69) is 5.32 Å². The van der Waals surface area contributed by atoms with E-state index in [1.165, 1.54) is 12.0 Å². The van der Waals surface area contributed by atoms with Gasteiger partial charge in [0.25, 0.3) is 17.7 Å². The van der Waals surface area contributed by atoms with Gasteiger partial charge < -0.3 is 10.1 Å². The molecule has 0 aliphatic carbocycles. The molecule has 1 fully saturated rings. The van der Waals surface area contributed by atoms with E-state index < -0.39 is 5.91 Å². The Bertz CT molecular complexity index is 1110. The predicted molar refractivity (Wildman–Crippen MR) is 117 cm³/mol. The summed E-state index contributed by atoms with van der Waals surface area (Å²) in [5.41, 5.74) is 1.59. The van der Waals surface area contributed by atoms with Gasteiger partial charge in [-0.1, -0.05) is 18.2 Å². The lowest BCUT2D eigenvalue weighted by Gasteiger charge is -2.16. The van der Waals surface area contributed by atoms with E-state index in [9.17, 15) is 24.0 Å². The molecule has 170 valence electrons. The van der Waals surface area contributed by atoms with Crippen LogP contribution in [-0.2, 0) is 16.1 Å². The molecule has 5 amide bonds. The standard InChI is InChI=1S/C24H23N3O6/c1-33-19-8-7-15(14-27-23(31)16-5-2-3-6-17(16)24(27)32)13-18(19)22(30)25-11-4-12-26-20(28)9-10-21(26)29/h2-3,5-8,13H,4,9-12,14H2,1H3,(H,25,30). The highest BCUT2D eigenvalue weighted by Gasteiger charge is 2.35. The third kappa shape index (κ3) is 4.34. The average molecular weight is 449 g/mol. The Balaban J connectivity index is 1.41. The van der Waals surface area contributed by atoms with Crippen molar-refractivity contribution in [3.8, 4) is 5.75 Å². The summed E-state index contributed by atoms with van der Waals surface area (Å²) in [5, 5.41) is 2.76. The number of benzene rings is 2. The quantitative estimate of drug-likeness (QED) is 0.485. The van der Waals surface area contributed by atoms with Crippen LogP contribution in [0.4, 0.5) is 0 Å². The van der Waals surface area contributed by atoms with Crippen molar-refractivity contribution in [3.05, 3.63) is 64.7 Å². The number of hydrogen-bond donors (Lipinski definition) is 1. The van der Waals surface area contributed by atoms with Crippen LogP contribution >= 0.6 is 0 Å². The van der Waals surface area contributed by atoms with Crippen molar-refractivity contribution in [2.45, 2.75) is 25.8 Å². The Morgan fingerprint density at radius 3 is 2.18 bits per heavy atom. The summed E-state index contributed by atoms with van der Waals surface area (Å²) in [6, 6.07) is 11.5. The second-order valence-corrected chi connectivity index (χ2v) is 7.83. The second kappa shape index (κ2) is 9.23. The number of methoxy groups -OCH3 is 1. The van der Waals surface area contributed by atoms with Crippen LogP contribution in [0.1, 0.15) is 55.9 Å². The summed E-state index contributed by atoms with van der Waals surface area (Å²) in [4.78, 5) is 63.7. The van der Waals surface area contributed by atoms with Gasteiger partial charge in [-0.25, -0.2) is 0 Å². The maximum atomic E-state index is 12.8. The molecule has 0 unspecified atom stereocenters. The minimum Gasteiger partial charge on any atom is -0.496 e. The molecule has 2 aliphatic rings. The molecule has 0 radical (unpaired) electrons. The van der Waals surface area contributed by atoms with Gasteiger partial charge in [-0.3, -0.25) is 33.8 Å². The number of ether oxygens (including phenoxy) is 1. The minimum atomic E-state index is -0.393. The van der Waals surface area contributed by atoms with Crippen molar-refractivity contribution in [1.82, 2.24) is 15.1 Å². The number of carbonyl (C=O) groups is 5. The van der Waals surface area contributed by atoms with Crippen LogP contribution in [0.2, 0.25) is 0 Å². The lowest BCUT2D eigenvalue weighted by molar-refractivity contribution is -0.138. The molecule has 9 heteroatoms. The van der Waals surface area contributed by atoms with E-state index in [-0.39, 0.29) is 61.7 Å². The number of imide groups is 2. The zero-order valence-electron chi connectivity index (χ0n) is 18.1. The number of rotatable bonds is 8. The number of likely N-dealkylation sites (tertiary alicyclic amines) is 1. The lowest BCUT2D eigenvalue weighted by atomic mass is 10.1. The highest BCUT2D eigenvalue weighted by molar-refractivity contribution is 6.21. The number of hydrogen-bond acceptors (Lipinski definition) is 6. The van der Waals surface area contributed by atoms with Crippen LogP contribution in [0.15, 0.2) is 42.5 Å². The summed E-state index contributed by atoms with van der Waals surface area (Å²) in [6.07, 6.45) is 0.908. The zero-order chi connectivity index (χ0) is 23.5. The van der Waals surface area contributed by atoms with E-state index in [0.29, 0.717) is 28.9 Å². The number of amides is 5. The van der Waals surface area contributed by atoms with Gasteiger partial charge in [-0.15, -0.1) is 0 Å². The first-order valence-corrected chi connectivity index (χ1v) is 10.6. The second-order valence-electron chi connectivity index (χ2n) is 7.83. The highest BCUT2D eigenvalue weighted by atomic mass is 16.5. The van der Waals surface area contributed by atoms with E-state index in [1.54, 1.807) is 42.5 Å². The van der Waals surface area contributed by atoms with Gasteiger partial charge in [0.1, 0.15) is 5.75 Å². The van der Waals surface area contributed by atoms with E-state index >= 15 is 0 Å². The van der Waals surface area contributed by atoms with E-state index in [1.807, 2.05) is 0 Å². The summed E-state index contributed by atoms with van der Waals surface area (Å²) in [6.45, 7) is 0.548. The zero-order valence-corrected chi connectivity index (χ0v) is 18.1. The summed E-state index contributed by atoms with van der Waals surface area (Å²) >= 11 is 0. The van der Waals surface area contributed by atoms with Crippen molar-refractivity contribution >= 4 is 29.5 Å². The fourth-order valence-electron chi connectivity index (χ4n) is 4.00. The van der Waals surface area contributed by atoms with Gasteiger partial charge in [0.15, 0.2) is 0 Å². The first-order chi connectivity index (χ1) is 15.9. The van der Waals surface area contributed by atoms with Crippen LogP contribution in [-0.4, -0.2) is 59.5 Å². The Hall–Kier alpha value is -4.01. The highest BCUT2D eigenvalue weighted by Crippen LogP contribution is 2.26. The number of nitrogens with one attached hydrogen (secondary N) is 1. The van der Waals surface area contributed by atoms with Crippen LogP contribution in [0.25, 0.3) is 0 Å². The number of nitrogens with zero attached hydrogens (tertiary/aromatic N) is 2. The molecular formula is C24H23N3O6. The lowest BCUT2D eigenvalue weighted by Crippen LogP contribution is -2.33. The molecule has 0 spiro atoms. The van der Waals surface area contributed by atoms with E-state index in [4.69, 9.17) is 4.74 Å². The molecular weight excluding hydrogens is 426 g/mol. The van der Waals surface area contributed by atoms with Crippen molar-refractivity contribution in [2.75, 3.05) is 20.2 Å². The van der Waals surface area contributed by atoms with Crippen LogP contribution in [0.5, 0.6) is 5.75 Å². The van der Waals surface area contributed by atoms with Crippen molar-refractivity contribution < 1.29 is 28.7 Å². The summed E-state index contributed by atoms with van der Waals surface area (Å²) < 4.78 is 5.29. The third-order valence-corrected chi connectivity index (χ3v) is 5.73. The largest absolute Gasteiger partial charge is 0.496 e. The molecule has 1 N–H and O–H groups in total. The normalized spacial score (nSPS) is 15.3. The maximum absolute atomic E-state index is 12.8. The number of carbonyl (C=O) groups excluding carboxylic acids is 5. The Morgan fingerprint density at radius 1 is 0.939 bits per heavy atom. The van der Waals surface area contributed by atoms with Crippen LogP contribution in [0, 0.1) is 0 Å². The molecule has 33 heavy (non-hydrogen) atoms. The first-order valence-electron chi connectivity index (χ1n) is 10.6. The molecule has 2 aromatic carbocycles. The average Bonchev–Trinajstić information content (AvgIpc) is 3.27. The Labute approximate surface area is 190 Å². The molecule has 0 bridgehead atoms. The smallest absolute Gasteiger partial charge is 0.261 e. The predicted octanol–water partition coefficient (Wildman–Crippen LogP) is 1.76. The summed E-state index contributed by atoms with van der Waals surface area (Å²) in [5.74, 6) is -1.16.